The van der Waals surface area contributed by atoms with E-state index in [1.807, 2.05) is 0 Å². The van der Waals surface area contributed by atoms with E-state index in [-0.39, 0.29) is 27.8 Å². The Morgan fingerprint density at radius 1 is 1.08 bits per heavy atom. The second kappa shape index (κ2) is 9.86. The second-order valence-electron chi connectivity index (χ2n) is 9.34. The summed E-state index contributed by atoms with van der Waals surface area (Å²) >= 11 is 6.11. The summed E-state index contributed by atoms with van der Waals surface area (Å²) in [5.41, 5.74) is 1.45. The van der Waals surface area contributed by atoms with Gasteiger partial charge in [-0.1, -0.05) is 11.6 Å². The van der Waals surface area contributed by atoms with Crippen LogP contribution < -0.4 is 20.9 Å². The molecule has 2 aromatic carbocycles. The van der Waals surface area contributed by atoms with Gasteiger partial charge in [-0.25, -0.2) is 22.5 Å². The molecule has 3 heterocycles. The van der Waals surface area contributed by atoms with E-state index >= 15 is 0 Å². The monoisotopic (exact) mass is 568 g/mol. The molecule has 0 saturated heterocycles. The van der Waals surface area contributed by atoms with Crippen LogP contribution in [0.1, 0.15) is 32.4 Å². The molecule has 39 heavy (non-hydrogen) atoms. The zero-order valence-electron chi connectivity index (χ0n) is 21.5. The molecule has 0 aliphatic rings. The van der Waals surface area contributed by atoms with Crippen molar-refractivity contribution in [1.82, 2.24) is 19.5 Å². The van der Waals surface area contributed by atoms with E-state index in [9.17, 15) is 18.0 Å². The summed E-state index contributed by atoms with van der Waals surface area (Å²) in [4.78, 5) is 36.1. The van der Waals surface area contributed by atoms with Gasteiger partial charge >= 0.3 is 5.76 Å². The summed E-state index contributed by atoms with van der Waals surface area (Å²) in [5, 5.41) is 4.40. The van der Waals surface area contributed by atoms with Crippen LogP contribution >= 0.6 is 11.6 Å². The van der Waals surface area contributed by atoms with Crippen LogP contribution in [0, 0.1) is 0 Å². The lowest BCUT2D eigenvalue weighted by Crippen LogP contribution is -2.37. The lowest BCUT2D eigenvalue weighted by atomic mass is 10.1. The predicted octanol–water partition coefficient (Wildman–Crippen LogP) is 4.19. The molecule has 5 rings (SSSR count). The highest BCUT2D eigenvalue weighted by atomic mass is 35.5. The van der Waals surface area contributed by atoms with Crippen LogP contribution in [-0.4, -0.2) is 34.0 Å². The molecule has 11 nitrogen and oxygen atoms in total. The minimum Gasteiger partial charge on any atom is -0.408 e. The molecule has 0 bridgehead atoms. The Morgan fingerprint density at radius 3 is 2.59 bits per heavy atom. The number of rotatable bonds is 7. The molecular formula is C26H25ClN6O5S. The Bertz CT molecular complexity index is 1950. The van der Waals surface area contributed by atoms with E-state index in [1.165, 1.54) is 35.0 Å². The molecular weight excluding hydrogens is 544 g/mol. The largest absolute Gasteiger partial charge is 0.419 e. The van der Waals surface area contributed by atoms with Gasteiger partial charge in [0.2, 0.25) is 5.95 Å². The maximum Gasteiger partial charge on any atom is 0.419 e. The van der Waals surface area contributed by atoms with Crippen LogP contribution in [0.2, 0.25) is 5.02 Å². The molecule has 0 amide bonds. The summed E-state index contributed by atoms with van der Waals surface area (Å²) in [6.07, 6.45) is 1.44. The van der Waals surface area contributed by atoms with Gasteiger partial charge in [0, 0.05) is 52.9 Å². The quantitative estimate of drug-likeness (QED) is 0.297. The van der Waals surface area contributed by atoms with E-state index in [0.29, 0.717) is 21.6 Å². The number of H-pyrrole nitrogens is 1. The number of benzene rings is 2. The Morgan fingerprint density at radius 2 is 1.85 bits per heavy atom. The minimum absolute atomic E-state index is 0.0547. The van der Waals surface area contributed by atoms with Gasteiger partial charge < -0.3 is 14.7 Å². The molecule has 0 spiro atoms. The molecule has 0 fully saturated rings. The Labute approximate surface area is 228 Å². The number of pyridine rings is 1. The van der Waals surface area contributed by atoms with Crippen LogP contribution in [-0.2, 0) is 17.1 Å². The number of aryl methyl sites for hydroxylation is 1. The van der Waals surface area contributed by atoms with Crippen molar-refractivity contribution in [2.75, 3.05) is 9.62 Å². The highest BCUT2D eigenvalue weighted by Crippen LogP contribution is 2.28. The molecule has 2 N–H and O–H groups in total. The number of hydrogen-bond donors (Lipinski definition) is 2. The van der Waals surface area contributed by atoms with Crippen molar-refractivity contribution in [3.05, 3.63) is 86.2 Å². The molecule has 0 aliphatic carbocycles. The van der Waals surface area contributed by atoms with Crippen LogP contribution in [0.3, 0.4) is 0 Å². The van der Waals surface area contributed by atoms with Gasteiger partial charge in [-0.05, 0) is 57.2 Å². The first-order valence-corrected chi connectivity index (χ1v) is 13.8. The third-order valence-corrected chi connectivity index (χ3v) is 8.51. The van der Waals surface area contributed by atoms with Crippen LogP contribution in [0.15, 0.2) is 73.6 Å². The van der Waals surface area contributed by atoms with Gasteiger partial charge in [0.05, 0.1) is 16.5 Å². The molecule has 3 aromatic heterocycles. The smallest absolute Gasteiger partial charge is 0.408 e. The lowest BCUT2D eigenvalue weighted by Gasteiger charge is -2.27. The van der Waals surface area contributed by atoms with Crippen molar-refractivity contribution in [3.8, 4) is 0 Å². The molecule has 5 aromatic rings. The van der Waals surface area contributed by atoms with E-state index in [0.717, 1.165) is 9.69 Å². The van der Waals surface area contributed by atoms with E-state index in [2.05, 4.69) is 20.3 Å². The molecule has 0 saturated carbocycles. The Balaban J connectivity index is 1.48. The predicted molar refractivity (Wildman–Crippen MR) is 150 cm³/mol. The van der Waals surface area contributed by atoms with Crippen LogP contribution in [0.4, 0.5) is 11.8 Å². The van der Waals surface area contributed by atoms with Crippen LogP contribution in [0.5, 0.6) is 0 Å². The maximum absolute atomic E-state index is 13.7. The van der Waals surface area contributed by atoms with Crippen molar-refractivity contribution in [3.63, 3.8) is 0 Å². The number of anilines is 2. The third kappa shape index (κ3) is 4.88. The Hall–Kier alpha value is -4.16. The fraction of sp³-hybridized carbons (Fsp3) is 0.231. The number of sulfonamides is 1. The molecule has 0 radical (unpaired) electrons. The summed E-state index contributed by atoms with van der Waals surface area (Å²) in [6.45, 7) is 5.21. The minimum atomic E-state index is -4.10. The Kier molecular flexibility index (Phi) is 6.69. The van der Waals surface area contributed by atoms with E-state index in [1.54, 1.807) is 52.1 Å². The fourth-order valence-electron chi connectivity index (χ4n) is 4.38. The van der Waals surface area contributed by atoms with Crippen molar-refractivity contribution in [2.24, 2.45) is 7.05 Å². The molecule has 1 atom stereocenters. The first kappa shape index (κ1) is 26.4. The fourth-order valence-corrected chi connectivity index (χ4v) is 6.19. The average molecular weight is 569 g/mol. The number of fused-ring (bicyclic) bond motifs is 2. The van der Waals surface area contributed by atoms with Gasteiger partial charge in [0.15, 0.2) is 5.58 Å². The number of oxazole rings is 1. The second-order valence-corrected chi connectivity index (χ2v) is 11.6. The topological polar surface area (TPSA) is 143 Å². The maximum atomic E-state index is 13.7. The standard InChI is InChI=1S/C26H25ClN6O5S/c1-14(2)33(39(36,37)18-6-8-21-22(13-18)38-26(35)32(21)4)23-9-10-28-25(31-23)29-15(3)19-12-16-11-17(27)5-7-20(16)30-24(19)34/h5-15H,1-4H3,(H,30,34)(H,28,29,31). The zero-order valence-corrected chi connectivity index (χ0v) is 23.0. The summed E-state index contributed by atoms with van der Waals surface area (Å²) in [6, 6.07) is 11.6. The molecule has 13 heteroatoms. The average Bonchev–Trinajstić information content (AvgIpc) is 3.16. The van der Waals surface area contributed by atoms with Crippen LogP contribution in [0.25, 0.3) is 22.0 Å². The van der Waals surface area contributed by atoms with Gasteiger partial charge in [-0.3, -0.25) is 9.36 Å². The summed E-state index contributed by atoms with van der Waals surface area (Å²) in [7, 11) is -2.56. The molecule has 0 aliphatic heterocycles. The van der Waals surface area contributed by atoms with Gasteiger partial charge in [0.1, 0.15) is 5.82 Å². The van der Waals surface area contributed by atoms with Gasteiger partial charge in [-0.2, -0.15) is 4.98 Å². The number of hydrogen-bond acceptors (Lipinski definition) is 8. The normalized spacial score (nSPS) is 12.8. The number of aromatic amines is 1. The van der Waals surface area contributed by atoms with Gasteiger partial charge in [0.25, 0.3) is 15.6 Å². The van der Waals surface area contributed by atoms with Crippen molar-refractivity contribution in [2.45, 2.75) is 37.8 Å². The summed E-state index contributed by atoms with van der Waals surface area (Å²) < 4.78 is 35.1. The first-order chi connectivity index (χ1) is 18.5. The zero-order chi connectivity index (χ0) is 28.1. The lowest BCUT2D eigenvalue weighted by molar-refractivity contribution is 0.527. The number of aromatic nitrogens is 4. The summed E-state index contributed by atoms with van der Waals surface area (Å²) in [5.74, 6) is -0.325. The molecule has 1 unspecified atom stereocenters. The van der Waals surface area contributed by atoms with E-state index in [4.69, 9.17) is 16.0 Å². The number of halogens is 1. The third-order valence-electron chi connectivity index (χ3n) is 6.30. The first-order valence-electron chi connectivity index (χ1n) is 12.0. The van der Waals surface area contributed by atoms with E-state index < -0.39 is 27.9 Å². The number of nitrogens with zero attached hydrogens (tertiary/aromatic N) is 4. The highest BCUT2D eigenvalue weighted by molar-refractivity contribution is 7.92. The van der Waals surface area contributed by atoms with Crippen molar-refractivity contribution >= 4 is 55.4 Å². The SMILES string of the molecule is CC(Nc1nccc(N(C(C)C)S(=O)(=O)c2ccc3c(c2)oc(=O)n3C)n1)c1cc2cc(Cl)ccc2[nH]c1=O. The van der Waals surface area contributed by atoms with Gasteiger partial charge in [-0.15, -0.1) is 0 Å². The molecule has 202 valence electrons. The number of nitrogens with one attached hydrogen (secondary N) is 2. The van der Waals surface area contributed by atoms with Crippen molar-refractivity contribution < 1.29 is 12.8 Å². The van der Waals surface area contributed by atoms with Crippen molar-refractivity contribution in [1.29, 1.82) is 0 Å². The highest BCUT2D eigenvalue weighted by Gasteiger charge is 2.30.